The van der Waals surface area contributed by atoms with Crippen molar-refractivity contribution in [3.8, 4) is 0 Å². The first-order chi connectivity index (χ1) is 19.0. The summed E-state index contributed by atoms with van der Waals surface area (Å²) in [7, 11) is -3.87. The molecule has 0 spiro atoms. The summed E-state index contributed by atoms with van der Waals surface area (Å²) in [5, 5.41) is 3.88. The lowest BCUT2D eigenvalue weighted by molar-refractivity contribution is -0.140. The third-order valence-corrected chi connectivity index (χ3v) is 8.29. The van der Waals surface area contributed by atoms with Gasteiger partial charge in [-0.25, -0.2) is 8.42 Å². The molecule has 0 fully saturated rings. The summed E-state index contributed by atoms with van der Waals surface area (Å²) >= 11 is 12.4. The molecule has 3 aromatic carbocycles. The van der Waals surface area contributed by atoms with E-state index >= 15 is 0 Å². The Morgan fingerprint density at radius 2 is 1.62 bits per heavy atom. The molecule has 214 valence electrons. The highest BCUT2D eigenvalue weighted by Crippen LogP contribution is 2.26. The summed E-state index contributed by atoms with van der Waals surface area (Å²) in [5.41, 5.74) is 2.67. The Morgan fingerprint density at radius 1 is 0.950 bits per heavy atom. The van der Waals surface area contributed by atoms with Gasteiger partial charge in [0.05, 0.1) is 11.9 Å². The van der Waals surface area contributed by atoms with Gasteiger partial charge in [0.25, 0.3) is 0 Å². The molecule has 0 heterocycles. The predicted molar refractivity (Wildman–Crippen MR) is 162 cm³/mol. The summed E-state index contributed by atoms with van der Waals surface area (Å²) in [6, 6.07) is 20.4. The highest BCUT2D eigenvalue weighted by atomic mass is 35.5. The van der Waals surface area contributed by atoms with E-state index in [2.05, 4.69) is 5.32 Å². The van der Waals surface area contributed by atoms with Crippen molar-refractivity contribution in [3.63, 3.8) is 0 Å². The van der Waals surface area contributed by atoms with Gasteiger partial charge in [-0.05, 0) is 54.3 Å². The van der Waals surface area contributed by atoms with Crippen molar-refractivity contribution in [2.75, 3.05) is 23.7 Å². The lowest BCUT2D eigenvalue weighted by atomic mass is 10.0. The number of amides is 2. The average Bonchev–Trinajstić information content (AvgIpc) is 2.92. The standard InChI is InChI=1S/C30H35Cl2N3O4S/c1-4-5-17-33-30(37)28(18-23-9-7-6-8-10-23)34(20-24-12-14-25(31)15-13-24)29(36)21-35(40(3,38)39)26-16-11-22(2)27(32)19-26/h6-16,19,28H,4-5,17-18,20-21H2,1-3H3,(H,33,37)/t28-/m0/s1. The van der Waals surface area contributed by atoms with E-state index in [9.17, 15) is 18.0 Å². The fourth-order valence-electron chi connectivity index (χ4n) is 4.20. The number of rotatable bonds is 13. The van der Waals surface area contributed by atoms with Gasteiger partial charge in [0.1, 0.15) is 12.6 Å². The SMILES string of the molecule is CCCCNC(=O)[C@H](Cc1ccccc1)N(Cc1ccc(Cl)cc1)C(=O)CN(c1ccc(C)c(Cl)c1)S(C)(=O)=O. The number of hydrogen-bond acceptors (Lipinski definition) is 4. The normalized spacial score (nSPS) is 12.0. The first kappa shape index (κ1) is 31.5. The summed E-state index contributed by atoms with van der Waals surface area (Å²) < 4.78 is 26.8. The van der Waals surface area contributed by atoms with Crippen LogP contribution in [-0.4, -0.2) is 50.5 Å². The van der Waals surface area contributed by atoms with Gasteiger partial charge in [-0.1, -0.05) is 85.1 Å². The number of aryl methyl sites for hydroxylation is 1. The Kier molecular flexibility index (Phi) is 11.4. The average molecular weight is 605 g/mol. The van der Waals surface area contributed by atoms with Crippen LogP contribution in [0.15, 0.2) is 72.8 Å². The fraction of sp³-hybridized carbons (Fsp3) is 0.333. The van der Waals surface area contributed by atoms with Crippen LogP contribution < -0.4 is 9.62 Å². The van der Waals surface area contributed by atoms with E-state index < -0.39 is 28.5 Å². The van der Waals surface area contributed by atoms with Gasteiger partial charge in [-0.3, -0.25) is 13.9 Å². The Balaban J connectivity index is 2.03. The van der Waals surface area contributed by atoms with E-state index in [4.69, 9.17) is 23.2 Å². The molecule has 40 heavy (non-hydrogen) atoms. The van der Waals surface area contributed by atoms with Crippen molar-refractivity contribution >= 4 is 50.7 Å². The predicted octanol–water partition coefficient (Wildman–Crippen LogP) is 5.62. The highest BCUT2D eigenvalue weighted by Gasteiger charge is 2.33. The molecule has 0 saturated heterocycles. The van der Waals surface area contributed by atoms with E-state index in [-0.39, 0.29) is 24.6 Å². The summed E-state index contributed by atoms with van der Waals surface area (Å²) in [6.07, 6.45) is 2.99. The number of benzene rings is 3. The van der Waals surface area contributed by atoms with Gasteiger partial charge in [0, 0.05) is 29.6 Å². The molecular formula is C30H35Cl2N3O4S. The minimum atomic E-state index is -3.87. The minimum absolute atomic E-state index is 0.0843. The second-order valence-corrected chi connectivity index (χ2v) is 12.5. The number of nitrogens with one attached hydrogen (secondary N) is 1. The van der Waals surface area contributed by atoms with Gasteiger partial charge in [0.15, 0.2) is 0 Å². The van der Waals surface area contributed by atoms with Gasteiger partial charge in [-0.2, -0.15) is 0 Å². The molecule has 0 aliphatic carbocycles. The number of carbonyl (C=O) groups excluding carboxylic acids is 2. The lowest BCUT2D eigenvalue weighted by Crippen LogP contribution is -2.53. The Morgan fingerprint density at radius 3 is 2.23 bits per heavy atom. The zero-order valence-electron chi connectivity index (χ0n) is 22.9. The van der Waals surface area contributed by atoms with Crippen molar-refractivity contribution in [3.05, 3.63) is 99.5 Å². The van der Waals surface area contributed by atoms with Gasteiger partial charge < -0.3 is 10.2 Å². The Labute approximate surface area is 247 Å². The molecular weight excluding hydrogens is 569 g/mol. The quantitative estimate of drug-likeness (QED) is 0.257. The molecule has 0 aromatic heterocycles. The summed E-state index contributed by atoms with van der Waals surface area (Å²) in [5.74, 6) is -0.826. The largest absolute Gasteiger partial charge is 0.354 e. The number of hydrogen-bond donors (Lipinski definition) is 1. The van der Waals surface area contributed by atoms with E-state index in [0.29, 0.717) is 16.6 Å². The lowest BCUT2D eigenvalue weighted by Gasteiger charge is -2.33. The molecule has 0 aliphatic rings. The van der Waals surface area contributed by atoms with Crippen LogP contribution in [0.5, 0.6) is 0 Å². The van der Waals surface area contributed by atoms with Crippen molar-refractivity contribution < 1.29 is 18.0 Å². The molecule has 3 rings (SSSR count). The zero-order valence-corrected chi connectivity index (χ0v) is 25.3. The monoisotopic (exact) mass is 603 g/mol. The third-order valence-electron chi connectivity index (χ3n) is 6.49. The van der Waals surface area contributed by atoms with E-state index in [1.165, 1.54) is 11.0 Å². The fourth-order valence-corrected chi connectivity index (χ4v) is 5.34. The van der Waals surface area contributed by atoms with Gasteiger partial charge >= 0.3 is 0 Å². The number of carbonyl (C=O) groups is 2. The van der Waals surface area contributed by atoms with Crippen LogP contribution in [-0.2, 0) is 32.6 Å². The van der Waals surface area contributed by atoms with E-state index in [0.717, 1.165) is 40.1 Å². The molecule has 0 radical (unpaired) electrons. The Bertz CT molecular complexity index is 1400. The van der Waals surface area contributed by atoms with Crippen LogP contribution in [0, 0.1) is 6.92 Å². The molecule has 0 bridgehead atoms. The molecule has 2 amide bonds. The maximum Gasteiger partial charge on any atom is 0.244 e. The van der Waals surface area contributed by atoms with Crippen LogP contribution in [0.1, 0.15) is 36.5 Å². The topological polar surface area (TPSA) is 86.8 Å². The van der Waals surface area contributed by atoms with Crippen LogP contribution >= 0.6 is 23.2 Å². The number of anilines is 1. The molecule has 1 atom stereocenters. The second-order valence-electron chi connectivity index (χ2n) is 9.70. The zero-order chi connectivity index (χ0) is 29.3. The Hall–Kier alpha value is -3.07. The molecule has 3 aromatic rings. The minimum Gasteiger partial charge on any atom is -0.354 e. The highest BCUT2D eigenvalue weighted by molar-refractivity contribution is 7.92. The first-order valence-electron chi connectivity index (χ1n) is 13.1. The number of nitrogens with zero attached hydrogens (tertiary/aromatic N) is 2. The summed E-state index contributed by atoms with van der Waals surface area (Å²) in [4.78, 5) is 29.1. The number of sulfonamides is 1. The number of halogens is 2. The number of unbranched alkanes of at least 4 members (excludes halogenated alkanes) is 1. The maximum atomic E-state index is 14.0. The third kappa shape index (κ3) is 8.98. The van der Waals surface area contributed by atoms with Crippen molar-refractivity contribution in [2.24, 2.45) is 0 Å². The second kappa shape index (κ2) is 14.5. The van der Waals surface area contributed by atoms with Crippen LogP contribution in [0.25, 0.3) is 0 Å². The molecule has 0 aliphatic heterocycles. The first-order valence-corrected chi connectivity index (χ1v) is 15.7. The molecule has 0 unspecified atom stereocenters. The van der Waals surface area contributed by atoms with Gasteiger partial charge in [0.2, 0.25) is 21.8 Å². The van der Waals surface area contributed by atoms with Crippen LogP contribution in [0.3, 0.4) is 0 Å². The summed E-state index contributed by atoms with van der Waals surface area (Å²) in [6.45, 7) is 3.89. The molecule has 0 saturated carbocycles. The van der Waals surface area contributed by atoms with E-state index in [1.54, 1.807) is 43.3 Å². The smallest absolute Gasteiger partial charge is 0.244 e. The van der Waals surface area contributed by atoms with Crippen LogP contribution in [0.2, 0.25) is 10.0 Å². The maximum absolute atomic E-state index is 14.0. The molecule has 7 nitrogen and oxygen atoms in total. The van der Waals surface area contributed by atoms with Crippen LogP contribution in [0.4, 0.5) is 5.69 Å². The van der Waals surface area contributed by atoms with Crippen molar-refractivity contribution in [2.45, 2.75) is 45.7 Å². The molecule has 1 N–H and O–H groups in total. The van der Waals surface area contributed by atoms with Crippen molar-refractivity contribution in [1.82, 2.24) is 10.2 Å². The van der Waals surface area contributed by atoms with Gasteiger partial charge in [-0.15, -0.1) is 0 Å². The molecule has 10 heteroatoms. The van der Waals surface area contributed by atoms with Crippen molar-refractivity contribution in [1.29, 1.82) is 0 Å². The van der Waals surface area contributed by atoms with E-state index in [1.807, 2.05) is 37.3 Å².